The van der Waals surface area contributed by atoms with E-state index in [1.54, 1.807) is 0 Å². The van der Waals surface area contributed by atoms with E-state index in [4.69, 9.17) is 9.47 Å². The Labute approximate surface area is 185 Å². The molecule has 0 bridgehead atoms. The average Bonchev–Trinajstić information content (AvgIpc) is 3.07. The monoisotopic (exact) mass is 430 g/mol. The van der Waals surface area contributed by atoms with E-state index in [-0.39, 0.29) is 40.2 Å². The minimum atomic E-state index is -0.810. The van der Waals surface area contributed by atoms with Gasteiger partial charge in [-0.2, -0.15) is 0 Å². The molecule has 3 saturated carbocycles. The molecule has 0 aromatic heterocycles. The van der Waals surface area contributed by atoms with E-state index in [1.165, 1.54) is 12.5 Å². The second kappa shape index (κ2) is 6.90. The molecule has 5 rings (SSSR count). The lowest BCUT2D eigenvalue weighted by molar-refractivity contribution is -0.221. The molecule has 0 amide bonds. The van der Waals surface area contributed by atoms with Crippen molar-refractivity contribution in [2.45, 2.75) is 85.5 Å². The summed E-state index contributed by atoms with van der Waals surface area (Å²) in [6.45, 7) is 11.1. The molecule has 9 unspecified atom stereocenters. The lowest BCUT2D eigenvalue weighted by atomic mass is 9.37. The van der Waals surface area contributed by atoms with Crippen molar-refractivity contribution in [1.82, 2.24) is 0 Å². The van der Waals surface area contributed by atoms with Crippen LogP contribution < -0.4 is 0 Å². The Kier molecular flexibility index (Phi) is 4.81. The van der Waals surface area contributed by atoms with Crippen molar-refractivity contribution in [2.75, 3.05) is 6.61 Å². The first-order valence-electron chi connectivity index (χ1n) is 12.2. The van der Waals surface area contributed by atoms with Crippen molar-refractivity contribution in [3.63, 3.8) is 0 Å². The third-order valence-corrected chi connectivity index (χ3v) is 10.6. The number of fused-ring (bicyclic) bond motifs is 7. The van der Waals surface area contributed by atoms with E-state index >= 15 is 0 Å². The van der Waals surface area contributed by atoms with Gasteiger partial charge in [-0.25, -0.2) is 0 Å². The van der Waals surface area contributed by atoms with Gasteiger partial charge >= 0.3 is 5.97 Å². The van der Waals surface area contributed by atoms with Gasteiger partial charge in [-0.05, 0) is 66.3 Å². The van der Waals surface area contributed by atoms with Crippen molar-refractivity contribution in [3.05, 3.63) is 11.6 Å². The lowest BCUT2D eigenvalue weighted by Crippen LogP contribution is -2.64. The number of allylic oxidation sites excluding steroid dienone is 1. The summed E-state index contributed by atoms with van der Waals surface area (Å²) in [5, 5.41) is 10.7. The Bertz CT molecular complexity index is 830. The highest BCUT2D eigenvalue weighted by molar-refractivity contribution is 5.85. The molecule has 0 spiro atoms. The minimum Gasteiger partial charge on any atom is -0.462 e. The highest BCUT2D eigenvalue weighted by Crippen LogP contribution is 2.70. The first-order chi connectivity index (χ1) is 14.5. The molecule has 172 valence electrons. The van der Waals surface area contributed by atoms with E-state index in [0.717, 1.165) is 32.1 Å². The molecule has 1 heterocycles. The molecule has 9 atom stereocenters. The van der Waals surface area contributed by atoms with Gasteiger partial charge in [-0.15, -0.1) is 0 Å². The molecule has 1 saturated heterocycles. The Hall–Kier alpha value is -1.20. The van der Waals surface area contributed by atoms with Gasteiger partial charge in [0.1, 0.15) is 11.9 Å². The largest absolute Gasteiger partial charge is 0.462 e. The van der Waals surface area contributed by atoms with Gasteiger partial charge in [0.05, 0.1) is 6.61 Å². The Morgan fingerprint density at radius 1 is 1.16 bits per heavy atom. The van der Waals surface area contributed by atoms with Crippen LogP contribution >= 0.6 is 0 Å². The number of hydrogen-bond donors (Lipinski definition) is 1. The van der Waals surface area contributed by atoms with E-state index < -0.39 is 6.29 Å². The van der Waals surface area contributed by atoms with Crippen LogP contribution in [-0.4, -0.2) is 35.9 Å². The Morgan fingerprint density at radius 3 is 2.61 bits per heavy atom. The zero-order chi connectivity index (χ0) is 22.3. The molecule has 5 heteroatoms. The fraction of sp³-hybridized carbons (Fsp3) is 0.846. The molecule has 0 aromatic carbocycles. The van der Waals surface area contributed by atoms with Crippen LogP contribution in [0.5, 0.6) is 0 Å². The van der Waals surface area contributed by atoms with Crippen molar-refractivity contribution < 1.29 is 24.2 Å². The molecule has 5 nitrogen and oxygen atoms in total. The topological polar surface area (TPSA) is 72.8 Å². The van der Waals surface area contributed by atoms with Crippen LogP contribution in [0.2, 0.25) is 0 Å². The normalized spacial score (nSPS) is 50.5. The van der Waals surface area contributed by atoms with Crippen molar-refractivity contribution >= 4 is 11.8 Å². The predicted octanol–water partition coefficient (Wildman–Crippen LogP) is 4.28. The number of aliphatic hydroxyl groups is 1. The third-order valence-electron chi connectivity index (χ3n) is 10.6. The highest BCUT2D eigenvalue weighted by Gasteiger charge is 2.67. The number of carbonyl (C=O) groups is 2. The van der Waals surface area contributed by atoms with Gasteiger partial charge in [0.25, 0.3) is 0 Å². The average molecular weight is 431 g/mol. The summed E-state index contributed by atoms with van der Waals surface area (Å²) in [4.78, 5) is 25.0. The van der Waals surface area contributed by atoms with Crippen LogP contribution in [0.15, 0.2) is 11.6 Å². The molecule has 1 aliphatic heterocycles. The molecule has 31 heavy (non-hydrogen) atoms. The standard InChI is InChI=1S/C26H38O5/c1-14(27)31-17-12-19-25(4,16-7-6-15-13-30-23(29)21(15)22(16)17)10-8-18-24(2,3)20(28)9-11-26(18,19)5/h6,16-19,21-23,29H,7-13H2,1-5H3. The Balaban J connectivity index is 1.58. The quantitative estimate of drug-likeness (QED) is 0.497. The number of Topliss-reactive ketones (excluding diaryl/α,β-unsaturated/α-hetero) is 1. The maximum Gasteiger partial charge on any atom is 0.302 e. The van der Waals surface area contributed by atoms with Crippen LogP contribution in [0.25, 0.3) is 0 Å². The second-order valence-corrected chi connectivity index (χ2v) is 12.1. The molecule has 0 radical (unpaired) electrons. The van der Waals surface area contributed by atoms with Crippen molar-refractivity contribution in [3.8, 4) is 0 Å². The maximum absolute atomic E-state index is 12.8. The summed E-state index contributed by atoms with van der Waals surface area (Å²) >= 11 is 0. The van der Waals surface area contributed by atoms with Crippen LogP contribution in [0.1, 0.15) is 73.1 Å². The minimum absolute atomic E-state index is 0.0581. The zero-order valence-corrected chi connectivity index (χ0v) is 19.6. The number of rotatable bonds is 1. The van der Waals surface area contributed by atoms with Crippen molar-refractivity contribution in [2.24, 2.45) is 45.8 Å². The number of carbonyl (C=O) groups excluding carboxylic acids is 2. The first kappa shape index (κ1) is 21.6. The Morgan fingerprint density at radius 2 is 1.90 bits per heavy atom. The highest BCUT2D eigenvalue weighted by atomic mass is 16.6. The molecule has 1 N–H and O–H groups in total. The smallest absolute Gasteiger partial charge is 0.302 e. The fourth-order valence-electron chi connectivity index (χ4n) is 9.18. The van der Waals surface area contributed by atoms with Crippen LogP contribution in [-0.2, 0) is 19.1 Å². The summed E-state index contributed by atoms with van der Waals surface area (Å²) in [7, 11) is 0. The summed E-state index contributed by atoms with van der Waals surface area (Å²) in [6, 6.07) is 0. The van der Waals surface area contributed by atoms with Crippen LogP contribution in [0.3, 0.4) is 0 Å². The van der Waals surface area contributed by atoms with Gasteiger partial charge in [0.2, 0.25) is 0 Å². The van der Waals surface area contributed by atoms with E-state index in [0.29, 0.717) is 36.6 Å². The number of ether oxygens (including phenoxy) is 2. The van der Waals surface area contributed by atoms with Gasteiger partial charge in [0, 0.05) is 30.6 Å². The summed E-state index contributed by atoms with van der Waals surface area (Å²) in [6.07, 6.45) is 6.81. The number of aliphatic hydroxyl groups excluding tert-OH is 1. The fourth-order valence-corrected chi connectivity index (χ4v) is 9.18. The number of hydrogen-bond acceptors (Lipinski definition) is 5. The van der Waals surface area contributed by atoms with E-state index in [1.807, 2.05) is 0 Å². The van der Waals surface area contributed by atoms with E-state index in [9.17, 15) is 14.7 Å². The molecular formula is C26H38O5. The van der Waals surface area contributed by atoms with E-state index in [2.05, 4.69) is 33.8 Å². The summed E-state index contributed by atoms with van der Waals surface area (Å²) < 4.78 is 11.6. The molecule has 4 aliphatic carbocycles. The third kappa shape index (κ3) is 2.88. The predicted molar refractivity (Wildman–Crippen MR) is 116 cm³/mol. The number of ketones is 1. The summed E-state index contributed by atoms with van der Waals surface area (Å²) in [5.74, 6) is 1.29. The van der Waals surface area contributed by atoms with Gasteiger partial charge < -0.3 is 14.6 Å². The van der Waals surface area contributed by atoms with Gasteiger partial charge in [-0.3, -0.25) is 9.59 Å². The second-order valence-electron chi connectivity index (χ2n) is 12.1. The molecular weight excluding hydrogens is 392 g/mol. The van der Waals surface area contributed by atoms with Crippen LogP contribution in [0.4, 0.5) is 0 Å². The molecule has 0 aromatic rings. The van der Waals surface area contributed by atoms with Crippen molar-refractivity contribution in [1.29, 1.82) is 0 Å². The van der Waals surface area contributed by atoms with Crippen LogP contribution in [0, 0.1) is 45.8 Å². The maximum atomic E-state index is 12.8. The first-order valence-corrected chi connectivity index (χ1v) is 12.2. The zero-order valence-electron chi connectivity index (χ0n) is 19.6. The summed E-state index contributed by atoms with van der Waals surface area (Å²) in [5.41, 5.74) is 1.05. The van der Waals surface area contributed by atoms with Gasteiger partial charge in [-0.1, -0.05) is 33.8 Å². The number of esters is 1. The molecule has 4 fully saturated rings. The van der Waals surface area contributed by atoms with Gasteiger partial charge in [0.15, 0.2) is 6.29 Å². The SMILES string of the molecule is CC(=O)OC1CC2C(C)(CCC3C(C)(C)C(=O)CCC32C)C2CC=C3COC(O)C3C12. The molecule has 5 aliphatic rings. The lowest BCUT2D eigenvalue weighted by Gasteiger charge is -2.68.